The molecule has 1 heterocycles. The van der Waals surface area contributed by atoms with Crippen LogP contribution in [0.1, 0.15) is 6.42 Å². The lowest BCUT2D eigenvalue weighted by atomic mass is 10.2. The molecule has 6 nitrogen and oxygen atoms in total. The molecule has 1 atom stereocenters. The number of carboxylic acid groups (broad SMARTS) is 1. The largest absolute Gasteiger partial charge is 0.480 e. The highest BCUT2D eigenvalue weighted by Crippen LogP contribution is 2.14. The number of thioether (sulfide) groups is 1. The number of aromatic nitrogens is 3. The first-order chi connectivity index (χ1) is 6.61. The van der Waals surface area contributed by atoms with Crippen LogP contribution in [0.25, 0.3) is 0 Å². The van der Waals surface area contributed by atoms with Crippen molar-refractivity contribution in [1.29, 1.82) is 0 Å². The highest BCUT2D eigenvalue weighted by atomic mass is 32.2. The molecule has 1 unspecified atom stereocenters. The number of aliphatic carboxylic acids is 1. The first-order valence-corrected chi connectivity index (χ1v) is 5.05. The van der Waals surface area contributed by atoms with Gasteiger partial charge in [-0.25, -0.2) is 0 Å². The van der Waals surface area contributed by atoms with Gasteiger partial charge in [-0.05, 0) is 6.42 Å². The molecule has 0 radical (unpaired) electrons. The SMILES string of the molecule is Cn1cnnc1SCCC(N)C(=O)O. The van der Waals surface area contributed by atoms with Crippen LogP contribution in [0.2, 0.25) is 0 Å². The first kappa shape index (κ1) is 11.0. The number of aryl methyl sites for hydroxylation is 1. The molecule has 1 aromatic heterocycles. The van der Waals surface area contributed by atoms with Gasteiger partial charge in [0, 0.05) is 12.8 Å². The van der Waals surface area contributed by atoms with Crippen LogP contribution in [0, 0.1) is 0 Å². The third-order valence-electron chi connectivity index (χ3n) is 1.65. The van der Waals surface area contributed by atoms with Gasteiger partial charge in [-0.3, -0.25) is 4.79 Å². The zero-order valence-corrected chi connectivity index (χ0v) is 8.57. The van der Waals surface area contributed by atoms with E-state index in [9.17, 15) is 4.79 Å². The van der Waals surface area contributed by atoms with E-state index < -0.39 is 12.0 Å². The van der Waals surface area contributed by atoms with Crippen molar-refractivity contribution in [2.45, 2.75) is 17.6 Å². The fraction of sp³-hybridized carbons (Fsp3) is 0.571. The van der Waals surface area contributed by atoms with Crippen molar-refractivity contribution in [3.05, 3.63) is 6.33 Å². The van der Waals surface area contributed by atoms with Crippen molar-refractivity contribution in [1.82, 2.24) is 14.8 Å². The number of nitrogens with zero attached hydrogens (tertiary/aromatic N) is 3. The molecule has 0 aliphatic carbocycles. The van der Waals surface area contributed by atoms with Gasteiger partial charge in [-0.2, -0.15) is 0 Å². The number of carbonyl (C=O) groups is 1. The quantitative estimate of drug-likeness (QED) is 0.657. The van der Waals surface area contributed by atoms with Crippen LogP contribution < -0.4 is 5.73 Å². The molecule has 0 spiro atoms. The molecule has 14 heavy (non-hydrogen) atoms. The van der Waals surface area contributed by atoms with Gasteiger partial charge in [0.25, 0.3) is 0 Å². The second-order valence-electron chi connectivity index (χ2n) is 2.81. The third kappa shape index (κ3) is 3.00. The molecule has 78 valence electrons. The molecule has 0 saturated heterocycles. The van der Waals surface area contributed by atoms with Gasteiger partial charge in [-0.1, -0.05) is 11.8 Å². The predicted molar refractivity (Wildman–Crippen MR) is 52.0 cm³/mol. The number of rotatable bonds is 5. The van der Waals surface area contributed by atoms with E-state index in [0.29, 0.717) is 12.2 Å². The maximum absolute atomic E-state index is 10.4. The van der Waals surface area contributed by atoms with Gasteiger partial charge >= 0.3 is 5.97 Å². The molecule has 0 aromatic carbocycles. The molecule has 1 aromatic rings. The van der Waals surface area contributed by atoms with Crippen LogP contribution in [0.3, 0.4) is 0 Å². The molecular formula is C7H12N4O2S. The fourth-order valence-corrected chi connectivity index (χ4v) is 1.71. The molecule has 1 rings (SSSR count). The van der Waals surface area contributed by atoms with Gasteiger partial charge in [-0.15, -0.1) is 10.2 Å². The highest BCUT2D eigenvalue weighted by Gasteiger charge is 2.11. The zero-order chi connectivity index (χ0) is 10.6. The van der Waals surface area contributed by atoms with E-state index in [0.717, 1.165) is 5.16 Å². The van der Waals surface area contributed by atoms with Crippen LogP contribution in [0.5, 0.6) is 0 Å². The standard InChI is InChI=1S/C7H12N4O2S/c1-11-4-9-10-7(11)14-3-2-5(8)6(12)13/h4-5H,2-3,8H2,1H3,(H,12,13). The smallest absolute Gasteiger partial charge is 0.320 e. The zero-order valence-electron chi connectivity index (χ0n) is 7.75. The topological polar surface area (TPSA) is 94.0 Å². The van der Waals surface area contributed by atoms with E-state index in [1.54, 1.807) is 10.9 Å². The molecule has 0 saturated carbocycles. The predicted octanol–water partition coefficient (Wildman–Crippen LogP) is -0.291. The minimum Gasteiger partial charge on any atom is -0.480 e. The Morgan fingerprint density at radius 3 is 3.07 bits per heavy atom. The summed E-state index contributed by atoms with van der Waals surface area (Å²) in [6.45, 7) is 0. The van der Waals surface area contributed by atoms with Crippen molar-refractivity contribution >= 4 is 17.7 Å². The van der Waals surface area contributed by atoms with Gasteiger partial charge in [0.15, 0.2) is 5.16 Å². The molecule has 0 amide bonds. The average molecular weight is 216 g/mol. The lowest BCUT2D eigenvalue weighted by Gasteiger charge is -2.04. The Kier molecular flexibility index (Phi) is 3.90. The van der Waals surface area contributed by atoms with E-state index >= 15 is 0 Å². The number of hydrogen-bond donors (Lipinski definition) is 2. The summed E-state index contributed by atoms with van der Waals surface area (Å²) in [5, 5.41) is 16.8. The monoisotopic (exact) mass is 216 g/mol. The fourth-order valence-electron chi connectivity index (χ4n) is 0.804. The third-order valence-corrected chi connectivity index (χ3v) is 2.71. The molecule has 0 aliphatic heterocycles. The molecule has 0 bridgehead atoms. The average Bonchev–Trinajstić information content (AvgIpc) is 2.51. The summed E-state index contributed by atoms with van der Waals surface area (Å²) in [5.41, 5.74) is 5.34. The van der Waals surface area contributed by atoms with Crippen LogP contribution in [-0.4, -0.2) is 37.6 Å². The van der Waals surface area contributed by atoms with Crippen molar-refractivity contribution in [3.63, 3.8) is 0 Å². The van der Waals surface area contributed by atoms with Gasteiger partial charge in [0.05, 0.1) is 0 Å². The summed E-state index contributed by atoms with van der Waals surface area (Å²) in [6, 6.07) is -0.796. The highest BCUT2D eigenvalue weighted by molar-refractivity contribution is 7.99. The minimum atomic E-state index is -0.969. The first-order valence-electron chi connectivity index (χ1n) is 4.06. The second-order valence-corrected chi connectivity index (χ2v) is 3.87. The van der Waals surface area contributed by atoms with Crippen molar-refractivity contribution in [2.75, 3.05) is 5.75 Å². The normalized spacial score (nSPS) is 12.7. The Morgan fingerprint density at radius 1 is 1.86 bits per heavy atom. The summed E-state index contributed by atoms with van der Waals surface area (Å²) >= 11 is 1.45. The molecule has 3 N–H and O–H groups in total. The van der Waals surface area contributed by atoms with E-state index in [2.05, 4.69) is 10.2 Å². The van der Waals surface area contributed by atoms with Gasteiger partial charge in [0.1, 0.15) is 12.4 Å². The second kappa shape index (κ2) is 4.97. The van der Waals surface area contributed by atoms with Crippen molar-refractivity contribution in [3.8, 4) is 0 Å². The Hall–Kier alpha value is -1.08. The van der Waals surface area contributed by atoms with Crippen LogP contribution in [-0.2, 0) is 11.8 Å². The van der Waals surface area contributed by atoms with Crippen LogP contribution in [0.4, 0.5) is 0 Å². The Bertz CT molecular complexity index is 314. The van der Waals surface area contributed by atoms with E-state index in [-0.39, 0.29) is 0 Å². The van der Waals surface area contributed by atoms with Crippen molar-refractivity contribution < 1.29 is 9.90 Å². The summed E-state index contributed by atoms with van der Waals surface area (Å²) in [7, 11) is 1.83. The van der Waals surface area contributed by atoms with Crippen LogP contribution in [0.15, 0.2) is 11.5 Å². The molecule has 0 aliphatic rings. The van der Waals surface area contributed by atoms with E-state index in [1.807, 2.05) is 7.05 Å². The Balaban J connectivity index is 2.29. The summed E-state index contributed by atoms with van der Waals surface area (Å²) in [5.74, 6) is -0.344. The minimum absolute atomic E-state index is 0.423. The lowest BCUT2D eigenvalue weighted by molar-refractivity contribution is -0.138. The maximum atomic E-state index is 10.4. The maximum Gasteiger partial charge on any atom is 0.320 e. The van der Waals surface area contributed by atoms with Gasteiger partial charge < -0.3 is 15.4 Å². The molecule has 0 fully saturated rings. The summed E-state index contributed by atoms with van der Waals surface area (Å²) in [6.07, 6.45) is 2.02. The van der Waals surface area contributed by atoms with Crippen LogP contribution >= 0.6 is 11.8 Å². The summed E-state index contributed by atoms with van der Waals surface area (Å²) in [4.78, 5) is 10.4. The van der Waals surface area contributed by atoms with E-state index in [1.165, 1.54) is 11.8 Å². The number of hydrogen-bond acceptors (Lipinski definition) is 5. The lowest BCUT2D eigenvalue weighted by Crippen LogP contribution is -2.30. The summed E-state index contributed by atoms with van der Waals surface area (Å²) < 4.78 is 1.77. The molecule has 7 heteroatoms. The Labute approximate surface area is 85.5 Å². The Morgan fingerprint density at radius 2 is 2.57 bits per heavy atom. The van der Waals surface area contributed by atoms with Gasteiger partial charge in [0.2, 0.25) is 0 Å². The number of carboxylic acids is 1. The van der Waals surface area contributed by atoms with Crippen molar-refractivity contribution in [2.24, 2.45) is 12.8 Å². The number of nitrogens with two attached hydrogens (primary N) is 1. The molecular weight excluding hydrogens is 204 g/mol. The van der Waals surface area contributed by atoms with E-state index in [4.69, 9.17) is 10.8 Å².